The van der Waals surface area contributed by atoms with E-state index in [2.05, 4.69) is 10.2 Å². The number of halogens is 4. The molecule has 1 aliphatic heterocycles. The van der Waals surface area contributed by atoms with Crippen LogP contribution in [-0.2, 0) is 24.0 Å². The fraction of sp³-hybridized carbons (Fsp3) is 0.304. The second kappa shape index (κ2) is 9.02. The van der Waals surface area contributed by atoms with Gasteiger partial charge in [-0.15, -0.1) is 0 Å². The summed E-state index contributed by atoms with van der Waals surface area (Å²) in [6.45, 7) is 1.18. The lowest BCUT2D eigenvalue weighted by Crippen LogP contribution is -2.29. The number of carbonyl (C=O) groups is 1. The van der Waals surface area contributed by atoms with Crippen molar-refractivity contribution in [3.8, 4) is 5.75 Å². The summed E-state index contributed by atoms with van der Waals surface area (Å²) in [6, 6.07) is 12.4. The van der Waals surface area contributed by atoms with Gasteiger partial charge in [-0.2, -0.15) is 18.3 Å². The van der Waals surface area contributed by atoms with Crippen molar-refractivity contribution in [2.45, 2.75) is 31.5 Å². The number of nitrogens with one attached hydrogen (secondary N) is 1. The highest BCUT2D eigenvalue weighted by atomic mass is 19.4. The van der Waals surface area contributed by atoms with Crippen molar-refractivity contribution in [3.63, 3.8) is 0 Å². The number of nitrogens with zero attached hydrogens (tertiary/aromatic N) is 2. The van der Waals surface area contributed by atoms with E-state index in [0.29, 0.717) is 18.8 Å². The zero-order chi connectivity index (χ0) is 22.7. The molecule has 0 bridgehead atoms. The van der Waals surface area contributed by atoms with E-state index in [4.69, 9.17) is 4.74 Å². The van der Waals surface area contributed by atoms with Gasteiger partial charge >= 0.3 is 6.18 Å². The third-order valence-electron chi connectivity index (χ3n) is 5.43. The predicted octanol–water partition coefficient (Wildman–Crippen LogP) is 4.71. The van der Waals surface area contributed by atoms with E-state index in [1.54, 1.807) is 17.0 Å². The summed E-state index contributed by atoms with van der Waals surface area (Å²) in [6.07, 6.45) is -3.46. The lowest BCUT2D eigenvalue weighted by Gasteiger charge is -2.16. The number of likely N-dealkylation sites (tertiary alicyclic amines) is 1. The predicted molar refractivity (Wildman–Crippen MR) is 108 cm³/mol. The largest absolute Gasteiger partial charge is 0.487 e. The molecule has 168 valence electrons. The van der Waals surface area contributed by atoms with Crippen LogP contribution in [0.15, 0.2) is 54.6 Å². The minimum absolute atomic E-state index is 0.0252. The van der Waals surface area contributed by atoms with Crippen LogP contribution < -0.4 is 4.74 Å². The molecule has 0 aliphatic carbocycles. The van der Waals surface area contributed by atoms with Crippen LogP contribution in [0, 0.1) is 5.82 Å². The van der Waals surface area contributed by atoms with Gasteiger partial charge in [0.15, 0.2) is 0 Å². The maximum absolute atomic E-state index is 13.0. The maximum atomic E-state index is 13.0. The Hall–Kier alpha value is -3.36. The number of ether oxygens (including phenoxy) is 1. The molecular weight excluding hydrogens is 426 g/mol. The molecule has 1 fully saturated rings. The molecule has 2 heterocycles. The highest BCUT2D eigenvalue weighted by Crippen LogP contribution is 2.31. The smallest absolute Gasteiger partial charge is 0.416 e. The second-order valence-corrected chi connectivity index (χ2v) is 7.76. The Bertz CT molecular complexity index is 1080. The molecule has 0 saturated carbocycles. The zero-order valence-electron chi connectivity index (χ0n) is 17.0. The third-order valence-corrected chi connectivity index (χ3v) is 5.43. The summed E-state index contributed by atoms with van der Waals surface area (Å²) in [4.78, 5) is 14.3. The topological polar surface area (TPSA) is 58.2 Å². The van der Waals surface area contributed by atoms with Crippen LogP contribution in [0.3, 0.4) is 0 Å². The van der Waals surface area contributed by atoms with Gasteiger partial charge in [0.05, 0.1) is 23.4 Å². The number of rotatable bonds is 6. The highest BCUT2D eigenvalue weighted by molar-refractivity contribution is 5.79. The van der Waals surface area contributed by atoms with Gasteiger partial charge in [-0.3, -0.25) is 9.89 Å². The second-order valence-electron chi connectivity index (χ2n) is 7.76. The minimum Gasteiger partial charge on any atom is -0.487 e. The number of H-pyrrole nitrogens is 1. The molecule has 0 radical (unpaired) electrons. The first-order valence-corrected chi connectivity index (χ1v) is 10.1. The van der Waals surface area contributed by atoms with E-state index in [1.807, 2.05) is 6.07 Å². The van der Waals surface area contributed by atoms with Gasteiger partial charge in [0.1, 0.15) is 18.2 Å². The molecule has 32 heavy (non-hydrogen) atoms. The molecular formula is C23H21F4N3O2. The molecule has 1 aliphatic rings. The van der Waals surface area contributed by atoms with Gasteiger partial charge in [0, 0.05) is 19.0 Å². The molecule has 0 unspecified atom stereocenters. The Morgan fingerprint density at radius 2 is 1.94 bits per heavy atom. The fourth-order valence-electron chi connectivity index (χ4n) is 3.70. The monoisotopic (exact) mass is 447 g/mol. The Morgan fingerprint density at radius 3 is 2.69 bits per heavy atom. The maximum Gasteiger partial charge on any atom is 0.416 e. The van der Waals surface area contributed by atoms with Crippen molar-refractivity contribution in [1.29, 1.82) is 0 Å². The van der Waals surface area contributed by atoms with Crippen LogP contribution in [-0.4, -0.2) is 34.1 Å². The Kier molecular flexibility index (Phi) is 6.16. The number of alkyl halides is 3. The Balaban J connectivity index is 1.31. The number of carbonyl (C=O) groups excluding carboxylic acids is 1. The number of hydrogen-bond acceptors (Lipinski definition) is 3. The van der Waals surface area contributed by atoms with Crippen LogP contribution in [0.4, 0.5) is 17.6 Å². The molecule has 1 aromatic heterocycles. The Morgan fingerprint density at radius 1 is 1.16 bits per heavy atom. The minimum atomic E-state index is -4.43. The van der Waals surface area contributed by atoms with Crippen molar-refractivity contribution >= 4 is 5.91 Å². The normalized spacial score (nSPS) is 16.4. The van der Waals surface area contributed by atoms with E-state index in [1.165, 1.54) is 24.3 Å². The number of hydrogen-bond donors (Lipinski definition) is 1. The first kappa shape index (κ1) is 21.9. The molecule has 1 N–H and O–H groups in total. The summed E-state index contributed by atoms with van der Waals surface area (Å²) in [5.74, 6) is -0.184. The van der Waals surface area contributed by atoms with Crippen molar-refractivity contribution in [2.24, 2.45) is 0 Å². The van der Waals surface area contributed by atoms with Gasteiger partial charge in [0.2, 0.25) is 5.91 Å². The summed E-state index contributed by atoms with van der Waals surface area (Å²) in [5, 5.41) is 7.14. The first-order chi connectivity index (χ1) is 15.3. The van der Waals surface area contributed by atoms with Crippen LogP contribution in [0.2, 0.25) is 0 Å². The van der Waals surface area contributed by atoms with Crippen molar-refractivity contribution in [1.82, 2.24) is 15.1 Å². The molecule has 1 saturated heterocycles. The Labute approximate surface area is 182 Å². The van der Waals surface area contributed by atoms with E-state index < -0.39 is 11.7 Å². The van der Waals surface area contributed by atoms with Gasteiger partial charge in [0.25, 0.3) is 0 Å². The lowest BCUT2D eigenvalue weighted by atomic mass is 10.1. The van der Waals surface area contributed by atoms with Crippen molar-refractivity contribution in [3.05, 3.63) is 82.9 Å². The zero-order valence-corrected chi connectivity index (χ0v) is 17.0. The van der Waals surface area contributed by atoms with E-state index in [-0.39, 0.29) is 36.4 Å². The summed E-state index contributed by atoms with van der Waals surface area (Å²) >= 11 is 0. The molecule has 2 aromatic carbocycles. The third kappa shape index (κ3) is 5.27. The summed E-state index contributed by atoms with van der Waals surface area (Å²) in [5.41, 5.74) is 1.41. The van der Waals surface area contributed by atoms with Crippen LogP contribution >= 0.6 is 0 Å². The van der Waals surface area contributed by atoms with E-state index in [0.717, 1.165) is 29.8 Å². The molecule has 1 amide bonds. The number of aromatic amines is 1. The summed E-state index contributed by atoms with van der Waals surface area (Å²) in [7, 11) is 0. The molecule has 4 rings (SSSR count). The fourth-order valence-corrected chi connectivity index (χ4v) is 3.70. The summed E-state index contributed by atoms with van der Waals surface area (Å²) < 4.78 is 57.0. The number of benzene rings is 2. The molecule has 9 heteroatoms. The first-order valence-electron chi connectivity index (χ1n) is 10.1. The van der Waals surface area contributed by atoms with E-state index in [9.17, 15) is 22.4 Å². The van der Waals surface area contributed by atoms with E-state index >= 15 is 0 Å². The van der Waals surface area contributed by atoms with Crippen LogP contribution in [0.1, 0.15) is 34.9 Å². The highest BCUT2D eigenvalue weighted by Gasteiger charge is 2.31. The molecule has 3 aromatic rings. The van der Waals surface area contributed by atoms with Gasteiger partial charge in [-0.1, -0.05) is 18.2 Å². The molecule has 5 nitrogen and oxygen atoms in total. The molecule has 0 spiro atoms. The van der Waals surface area contributed by atoms with Crippen molar-refractivity contribution < 1.29 is 27.1 Å². The SMILES string of the molecule is O=C(Cc1ccc(F)cc1)N1CC[C@@H](c2cc(COc3cccc(C(F)(F)F)c3)[nH]n2)C1. The number of amides is 1. The molecule has 1 atom stereocenters. The average Bonchev–Trinajstić information content (AvgIpc) is 3.43. The van der Waals surface area contributed by atoms with Crippen molar-refractivity contribution in [2.75, 3.05) is 13.1 Å². The number of aromatic nitrogens is 2. The van der Waals surface area contributed by atoms with Gasteiger partial charge in [-0.05, 0) is 48.4 Å². The van der Waals surface area contributed by atoms with Gasteiger partial charge < -0.3 is 9.64 Å². The van der Waals surface area contributed by atoms with Crippen LogP contribution in [0.25, 0.3) is 0 Å². The van der Waals surface area contributed by atoms with Gasteiger partial charge in [-0.25, -0.2) is 4.39 Å². The standard InChI is InChI=1S/C23H21F4N3O2/c24-18-6-4-15(5-7-18)10-22(31)30-9-8-16(13-30)21-12-19(28-29-21)14-32-20-3-1-2-17(11-20)23(25,26)27/h1-7,11-12,16H,8-10,13-14H2,(H,28,29)/t16-/m1/s1. The average molecular weight is 447 g/mol. The quantitative estimate of drug-likeness (QED) is 0.557. The van der Waals surface area contributed by atoms with Crippen LogP contribution in [0.5, 0.6) is 5.75 Å². The lowest BCUT2D eigenvalue weighted by molar-refractivity contribution is -0.137.